The number of hydrogen-bond acceptors (Lipinski definition) is 4. The lowest BCUT2D eigenvalue weighted by Crippen LogP contribution is -2.14. The molecule has 0 saturated carbocycles. The van der Waals surface area contributed by atoms with Gasteiger partial charge >= 0.3 is 5.97 Å². The molecule has 4 heteroatoms. The van der Waals surface area contributed by atoms with Gasteiger partial charge in [0, 0.05) is 32.8 Å². The summed E-state index contributed by atoms with van der Waals surface area (Å²) in [5, 5.41) is 0. The largest absolute Gasteiger partial charge is 0.421 e. The Morgan fingerprint density at radius 2 is 1.76 bits per heavy atom. The normalized spacial score (nSPS) is 10.9. The highest BCUT2D eigenvalue weighted by atomic mass is 16.5. The minimum absolute atomic E-state index is 0.0219. The van der Waals surface area contributed by atoms with E-state index in [1.165, 1.54) is 13.1 Å². The molecular formula is C13H15NO3. The van der Waals surface area contributed by atoms with E-state index in [1.807, 2.05) is 6.07 Å². The maximum absolute atomic E-state index is 12.0. The Hall–Kier alpha value is -2.10. The first-order valence-electron chi connectivity index (χ1n) is 5.17. The first-order chi connectivity index (χ1) is 8.00. The second-order valence-electron chi connectivity index (χ2n) is 3.75. The molecule has 0 spiro atoms. The highest BCUT2D eigenvalue weighted by Crippen LogP contribution is 2.10. The fourth-order valence-corrected chi connectivity index (χ4v) is 1.25. The van der Waals surface area contributed by atoms with Gasteiger partial charge in [-0.15, -0.1) is 0 Å². The zero-order chi connectivity index (χ0) is 12.8. The van der Waals surface area contributed by atoms with Crippen LogP contribution in [0.4, 0.5) is 0 Å². The predicted molar refractivity (Wildman–Crippen MR) is 64.3 cm³/mol. The molecule has 1 aromatic rings. The van der Waals surface area contributed by atoms with E-state index in [4.69, 9.17) is 4.74 Å². The summed E-state index contributed by atoms with van der Waals surface area (Å²) in [4.78, 5) is 24.6. The molecule has 0 saturated heterocycles. The summed E-state index contributed by atoms with van der Waals surface area (Å²) < 4.78 is 4.91. The number of Topliss-reactive ketones (excluding diaryl/α,β-unsaturated/α-hetero) is 1. The van der Waals surface area contributed by atoms with E-state index in [-0.39, 0.29) is 11.5 Å². The van der Waals surface area contributed by atoms with Gasteiger partial charge in [-0.3, -0.25) is 9.59 Å². The zero-order valence-electron chi connectivity index (χ0n) is 10.1. The molecule has 4 nitrogen and oxygen atoms in total. The number of hydrogen-bond donors (Lipinski definition) is 0. The monoisotopic (exact) mass is 233 g/mol. The highest BCUT2D eigenvalue weighted by molar-refractivity contribution is 6.08. The third-order valence-electron chi connectivity index (χ3n) is 1.89. The Labute approximate surface area is 100 Å². The molecule has 0 amide bonds. The van der Waals surface area contributed by atoms with E-state index < -0.39 is 5.97 Å². The summed E-state index contributed by atoms with van der Waals surface area (Å²) in [5.74, 6) is -0.800. The number of rotatable bonds is 4. The van der Waals surface area contributed by atoms with Crippen LogP contribution in [0.2, 0.25) is 0 Å². The standard InChI is InChI=1S/C13H15NO3/c1-10(15)17-12(9-14(2)3)13(16)11-7-5-4-6-8-11/h4-9H,1-3H3/b12-9-. The van der Waals surface area contributed by atoms with Crippen molar-refractivity contribution in [1.82, 2.24) is 4.90 Å². The average molecular weight is 233 g/mol. The van der Waals surface area contributed by atoms with E-state index in [2.05, 4.69) is 0 Å². The van der Waals surface area contributed by atoms with E-state index in [0.717, 1.165) is 0 Å². The quantitative estimate of drug-likeness (QED) is 0.344. The first-order valence-corrected chi connectivity index (χ1v) is 5.17. The molecule has 0 aliphatic rings. The number of esters is 1. The molecule has 17 heavy (non-hydrogen) atoms. The predicted octanol–water partition coefficient (Wildman–Crippen LogP) is 1.84. The molecule has 0 unspecified atom stereocenters. The Morgan fingerprint density at radius 1 is 1.18 bits per heavy atom. The second-order valence-corrected chi connectivity index (χ2v) is 3.75. The van der Waals surface area contributed by atoms with Crippen LogP contribution in [0, 0.1) is 0 Å². The summed E-state index contributed by atoms with van der Waals surface area (Å²) in [7, 11) is 3.50. The van der Waals surface area contributed by atoms with Crippen molar-refractivity contribution in [2.24, 2.45) is 0 Å². The van der Waals surface area contributed by atoms with Crippen LogP contribution < -0.4 is 0 Å². The maximum Gasteiger partial charge on any atom is 0.308 e. The minimum atomic E-state index is -0.512. The molecule has 0 radical (unpaired) electrons. The molecule has 0 atom stereocenters. The number of allylic oxidation sites excluding steroid dienone is 1. The van der Waals surface area contributed by atoms with Gasteiger partial charge in [0.15, 0.2) is 5.76 Å². The van der Waals surface area contributed by atoms with Crippen molar-refractivity contribution < 1.29 is 14.3 Å². The number of ketones is 1. The van der Waals surface area contributed by atoms with Gasteiger partial charge in [0.2, 0.25) is 5.78 Å². The summed E-state index contributed by atoms with van der Waals surface area (Å²) >= 11 is 0. The molecule has 0 N–H and O–H groups in total. The van der Waals surface area contributed by atoms with E-state index in [1.54, 1.807) is 43.3 Å². The molecule has 0 aliphatic carbocycles. The third kappa shape index (κ3) is 4.10. The molecule has 90 valence electrons. The van der Waals surface area contributed by atoms with Crippen molar-refractivity contribution in [1.29, 1.82) is 0 Å². The lowest BCUT2D eigenvalue weighted by atomic mass is 10.1. The van der Waals surface area contributed by atoms with Gasteiger partial charge in [0.05, 0.1) is 0 Å². The maximum atomic E-state index is 12.0. The summed E-state index contributed by atoms with van der Waals surface area (Å²) in [6.45, 7) is 1.27. The SMILES string of the molecule is CC(=O)O/C(=C\N(C)C)C(=O)c1ccccc1. The molecule has 0 bridgehead atoms. The molecule has 0 heterocycles. The second kappa shape index (κ2) is 5.84. The number of benzene rings is 1. The molecule has 0 fully saturated rings. The van der Waals surface area contributed by atoms with Gasteiger partial charge in [-0.05, 0) is 0 Å². The fraction of sp³-hybridized carbons (Fsp3) is 0.231. The van der Waals surface area contributed by atoms with Gasteiger partial charge in [-0.2, -0.15) is 0 Å². The molecule has 0 aliphatic heterocycles. The fourth-order valence-electron chi connectivity index (χ4n) is 1.25. The number of carbonyl (C=O) groups excluding carboxylic acids is 2. The van der Waals surface area contributed by atoms with Crippen LogP contribution in [-0.2, 0) is 9.53 Å². The van der Waals surface area contributed by atoms with Crippen LogP contribution in [0.1, 0.15) is 17.3 Å². The smallest absolute Gasteiger partial charge is 0.308 e. The van der Waals surface area contributed by atoms with Crippen molar-refractivity contribution in [2.75, 3.05) is 14.1 Å². The van der Waals surface area contributed by atoms with Gasteiger partial charge < -0.3 is 9.64 Å². The van der Waals surface area contributed by atoms with Crippen molar-refractivity contribution >= 4 is 11.8 Å². The molecule has 1 rings (SSSR count). The van der Waals surface area contributed by atoms with Crippen LogP contribution in [0.25, 0.3) is 0 Å². The van der Waals surface area contributed by atoms with E-state index >= 15 is 0 Å². The third-order valence-corrected chi connectivity index (χ3v) is 1.89. The lowest BCUT2D eigenvalue weighted by Gasteiger charge is -2.10. The minimum Gasteiger partial charge on any atom is -0.421 e. The van der Waals surface area contributed by atoms with Crippen LogP contribution in [-0.4, -0.2) is 30.7 Å². The van der Waals surface area contributed by atoms with Crippen LogP contribution >= 0.6 is 0 Å². The Kier molecular flexibility index (Phi) is 4.46. The van der Waals surface area contributed by atoms with E-state index in [9.17, 15) is 9.59 Å². The number of carbonyl (C=O) groups is 2. The molecule has 0 aromatic heterocycles. The van der Waals surface area contributed by atoms with Gasteiger partial charge in [0.25, 0.3) is 0 Å². The zero-order valence-corrected chi connectivity index (χ0v) is 10.1. The first kappa shape index (κ1) is 13.0. The summed E-state index contributed by atoms with van der Waals surface area (Å²) in [5.41, 5.74) is 0.488. The lowest BCUT2D eigenvalue weighted by molar-refractivity contribution is -0.136. The van der Waals surface area contributed by atoms with Crippen LogP contribution in [0.5, 0.6) is 0 Å². The van der Waals surface area contributed by atoms with Crippen molar-refractivity contribution in [3.8, 4) is 0 Å². The van der Waals surface area contributed by atoms with Gasteiger partial charge in [0.1, 0.15) is 0 Å². The highest BCUT2D eigenvalue weighted by Gasteiger charge is 2.15. The topological polar surface area (TPSA) is 46.6 Å². The van der Waals surface area contributed by atoms with Crippen molar-refractivity contribution in [3.63, 3.8) is 0 Å². The summed E-state index contributed by atoms with van der Waals surface area (Å²) in [6, 6.07) is 8.69. The van der Waals surface area contributed by atoms with Gasteiger partial charge in [-0.25, -0.2) is 0 Å². The Balaban J connectivity index is 2.99. The molecule has 1 aromatic carbocycles. The number of nitrogens with zero attached hydrogens (tertiary/aromatic N) is 1. The Morgan fingerprint density at radius 3 is 2.24 bits per heavy atom. The summed E-state index contributed by atoms with van der Waals surface area (Å²) in [6.07, 6.45) is 1.48. The van der Waals surface area contributed by atoms with Crippen LogP contribution in [0.3, 0.4) is 0 Å². The number of ether oxygens (including phenoxy) is 1. The van der Waals surface area contributed by atoms with Crippen LogP contribution in [0.15, 0.2) is 42.3 Å². The molecular weight excluding hydrogens is 218 g/mol. The van der Waals surface area contributed by atoms with Gasteiger partial charge in [-0.1, -0.05) is 30.3 Å². The van der Waals surface area contributed by atoms with E-state index in [0.29, 0.717) is 5.56 Å². The van der Waals surface area contributed by atoms with Crippen molar-refractivity contribution in [3.05, 3.63) is 47.9 Å². The van der Waals surface area contributed by atoms with Crippen molar-refractivity contribution in [2.45, 2.75) is 6.92 Å². The Bertz CT molecular complexity index is 435. The average Bonchev–Trinajstić information content (AvgIpc) is 2.27.